The van der Waals surface area contributed by atoms with E-state index in [9.17, 15) is 8.42 Å². The van der Waals surface area contributed by atoms with Crippen molar-refractivity contribution in [1.29, 1.82) is 0 Å². The number of anilines is 1. The van der Waals surface area contributed by atoms with Gasteiger partial charge in [-0.25, -0.2) is 8.42 Å². The summed E-state index contributed by atoms with van der Waals surface area (Å²) in [5.41, 5.74) is 3.83. The zero-order valence-corrected chi connectivity index (χ0v) is 22.4. The van der Waals surface area contributed by atoms with Crippen LogP contribution in [-0.4, -0.2) is 34.2 Å². The van der Waals surface area contributed by atoms with E-state index < -0.39 is 10.0 Å². The Morgan fingerprint density at radius 2 is 1.78 bits per heavy atom. The van der Waals surface area contributed by atoms with Crippen LogP contribution in [0, 0.1) is 6.92 Å². The molecule has 6 nitrogen and oxygen atoms in total. The molecule has 2 unspecified atom stereocenters. The van der Waals surface area contributed by atoms with Gasteiger partial charge in [0.2, 0.25) is 0 Å². The SMILES string of the molecule is Cc1ccc(S(=O)(=O)N(C)c2ccc(OC(C)C)c(CNC3CCCNC3c3ccccc3)c2)cc1. The monoisotopic (exact) mass is 507 g/mol. The third-order valence-corrected chi connectivity index (χ3v) is 8.42. The van der Waals surface area contributed by atoms with Gasteiger partial charge >= 0.3 is 0 Å². The molecule has 0 amide bonds. The Morgan fingerprint density at radius 3 is 2.47 bits per heavy atom. The lowest BCUT2D eigenvalue weighted by molar-refractivity contribution is 0.238. The molecule has 7 heteroatoms. The van der Waals surface area contributed by atoms with Crippen molar-refractivity contribution in [3.05, 3.63) is 89.5 Å². The average molecular weight is 508 g/mol. The van der Waals surface area contributed by atoms with Crippen molar-refractivity contribution in [3.63, 3.8) is 0 Å². The number of hydrogen-bond donors (Lipinski definition) is 2. The molecule has 1 saturated heterocycles. The van der Waals surface area contributed by atoms with E-state index in [2.05, 4.69) is 34.9 Å². The van der Waals surface area contributed by atoms with Gasteiger partial charge in [-0.2, -0.15) is 0 Å². The van der Waals surface area contributed by atoms with Crippen molar-refractivity contribution < 1.29 is 13.2 Å². The van der Waals surface area contributed by atoms with Crippen molar-refractivity contribution in [2.45, 2.75) is 63.2 Å². The molecule has 36 heavy (non-hydrogen) atoms. The van der Waals surface area contributed by atoms with Gasteiger partial charge in [0, 0.05) is 31.2 Å². The Hall–Kier alpha value is -2.87. The number of aryl methyl sites for hydroxylation is 1. The first-order chi connectivity index (χ1) is 17.3. The summed E-state index contributed by atoms with van der Waals surface area (Å²) in [6.45, 7) is 7.50. The summed E-state index contributed by atoms with van der Waals surface area (Å²) in [7, 11) is -2.08. The first-order valence-electron chi connectivity index (χ1n) is 12.6. The Labute approximate surface area is 215 Å². The van der Waals surface area contributed by atoms with E-state index in [1.807, 2.05) is 57.2 Å². The van der Waals surface area contributed by atoms with E-state index in [0.717, 1.165) is 36.3 Å². The Balaban J connectivity index is 1.59. The van der Waals surface area contributed by atoms with Crippen LogP contribution in [0.15, 0.2) is 77.7 Å². The highest BCUT2D eigenvalue weighted by atomic mass is 32.2. The molecule has 0 radical (unpaired) electrons. The van der Waals surface area contributed by atoms with Crippen LogP contribution in [0.25, 0.3) is 0 Å². The molecule has 1 fully saturated rings. The van der Waals surface area contributed by atoms with E-state index in [1.54, 1.807) is 19.2 Å². The van der Waals surface area contributed by atoms with Crippen molar-refractivity contribution in [2.24, 2.45) is 0 Å². The molecule has 2 atom stereocenters. The summed E-state index contributed by atoms with van der Waals surface area (Å²) in [6.07, 6.45) is 2.18. The summed E-state index contributed by atoms with van der Waals surface area (Å²) >= 11 is 0. The fourth-order valence-corrected chi connectivity index (χ4v) is 5.82. The molecular weight excluding hydrogens is 470 g/mol. The van der Waals surface area contributed by atoms with Crippen LogP contribution >= 0.6 is 0 Å². The predicted molar refractivity (Wildman–Crippen MR) is 146 cm³/mol. The number of nitrogens with zero attached hydrogens (tertiary/aromatic N) is 1. The zero-order valence-electron chi connectivity index (χ0n) is 21.6. The second kappa shape index (κ2) is 11.5. The smallest absolute Gasteiger partial charge is 0.264 e. The van der Waals surface area contributed by atoms with Crippen LogP contribution in [0.3, 0.4) is 0 Å². The van der Waals surface area contributed by atoms with Crippen LogP contribution in [0.1, 0.15) is 49.4 Å². The van der Waals surface area contributed by atoms with Crippen LogP contribution in [0.2, 0.25) is 0 Å². The Morgan fingerprint density at radius 1 is 1.06 bits per heavy atom. The lowest BCUT2D eigenvalue weighted by Gasteiger charge is -2.34. The van der Waals surface area contributed by atoms with E-state index >= 15 is 0 Å². The molecule has 1 heterocycles. The van der Waals surface area contributed by atoms with Crippen LogP contribution in [0.5, 0.6) is 5.75 Å². The minimum atomic E-state index is -3.68. The number of piperidine rings is 1. The number of rotatable bonds is 9. The predicted octanol–water partition coefficient (Wildman–Crippen LogP) is 5.19. The van der Waals surface area contributed by atoms with Gasteiger partial charge in [0.15, 0.2) is 0 Å². The van der Waals surface area contributed by atoms with Gasteiger partial charge in [0.25, 0.3) is 10.0 Å². The number of nitrogens with one attached hydrogen (secondary N) is 2. The number of benzene rings is 3. The average Bonchev–Trinajstić information content (AvgIpc) is 2.88. The minimum Gasteiger partial charge on any atom is -0.491 e. The Bertz CT molecular complexity index is 1240. The lowest BCUT2D eigenvalue weighted by Crippen LogP contribution is -2.45. The van der Waals surface area contributed by atoms with Gasteiger partial charge in [-0.1, -0.05) is 48.0 Å². The summed E-state index contributed by atoms with van der Waals surface area (Å²) in [6, 6.07) is 23.5. The number of sulfonamides is 1. The van der Waals surface area contributed by atoms with Gasteiger partial charge in [-0.15, -0.1) is 0 Å². The molecule has 3 aromatic carbocycles. The summed E-state index contributed by atoms with van der Waals surface area (Å²) in [5, 5.41) is 7.39. The normalized spacial score (nSPS) is 18.2. The molecule has 0 bridgehead atoms. The highest BCUT2D eigenvalue weighted by Crippen LogP contribution is 2.30. The molecule has 0 aliphatic carbocycles. The quantitative estimate of drug-likeness (QED) is 0.417. The van der Waals surface area contributed by atoms with Gasteiger partial charge in [-0.3, -0.25) is 4.31 Å². The number of ether oxygens (including phenoxy) is 1. The topological polar surface area (TPSA) is 70.7 Å². The first-order valence-corrected chi connectivity index (χ1v) is 14.1. The standard InChI is InChI=1S/C29H37N3O3S/c1-21(2)35-28-17-14-25(32(4)36(33,34)26-15-12-22(3)13-16-26)19-24(28)20-31-27-11-8-18-30-29(27)23-9-6-5-7-10-23/h5-7,9-10,12-17,19,21,27,29-31H,8,11,18,20H2,1-4H3. The maximum Gasteiger partial charge on any atom is 0.264 e. The van der Waals surface area contributed by atoms with E-state index in [-0.39, 0.29) is 23.1 Å². The fourth-order valence-electron chi connectivity index (χ4n) is 4.64. The molecule has 2 N–H and O–H groups in total. The highest BCUT2D eigenvalue weighted by molar-refractivity contribution is 7.92. The van der Waals surface area contributed by atoms with Gasteiger partial charge in [-0.05, 0) is 76.1 Å². The van der Waals surface area contributed by atoms with E-state index in [0.29, 0.717) is 12.2 Å². The molecule has 1 aliphatic rings. The van der Waals surface area contributed by atoms with Crippen LogP contribution in [-0.2, 0) is 16.6 Å². The molecule has 3 aromatic rings. The third kappa shape index (κ3) is 6.09. The first kappa shape index (κ1) is 26.2. The summed E-state index contributed by atoms with van der Waals surface area (Å²) in [5.74, 6) is 0.766. The van der Waals surface area contributed by atoms with Crippen molar-refractivity contribution in [3.8, 4) is 5.75 Å². The third-order valence-electron chi connectivity index (χ3n) is 6.62. The minimum absolute atomic E-state index is 0.0111. The van der Waals surface area contributed by atoms with Gasteiger partial charge < -0.3 is 15.4 Å². The molecule has 0 saturated carbocycles. The molecule has 0 spiro atoms. The number of hydrogen-bond acceptors (Lipinski definition) is 5. The van der Waals surface area contributed by atoms with Crippen molar-refractivity contribution >= 4 is 15.7 Å². The molecule has 4 rings (SSSR count). The second-order valence-electron chi connectivity index (χ2n) is 9.72. The maximum atomic E-state index is 13.3. The van der Waals surface area contributed by atoms with Gasteiger partial charge in [0.05, 0.1) is 16.7 Å². The zero-order chi connectivity index (χ0) is 25.7. The van der Waals surface area contributed by atoms with Crippen molar-refractivity contribution in [1.82, 2.24) is 10.6 Å². The lowest BCUT2D eigenvalue weighted by atomic mass is 9.92. The van der Waals surface area contributed by atoms with Crippen molar-refractivity contribution in [2.75, 3.05) is 17.9 Å². The summed E-state index contributed by atoms with van der Waals surface area (Å²) in [4.78, 5) is 0.275. The fraction of sp³-hybridized carbons (Fsp3) is 0.379. The second-order valence-corrected chi connectivity index (χ2v) is 11.7. The molecule has 1 aliphatic heterocycles. The largest absolute Gasteiger partial charge is 0.491 e. The highest BCUT2D eigenvalue weighted by Gasteiger charge is 2.27. The van der Waals surface area contributed by atoms with E-state index in [1.165, 1.54) is 9.87 Å². The molecular formula is C29H37N3O3S. The maximum absolute atomic E-state index is 13.3. The van der Waals surface area contributed by atoms with E-state index in [4.69, 9.17) is 4.74 Å². The summed E-state index contributed by atoms with van der Waals surface area (Å²) < 4.78 is 34.0. The van der Waals surface area contributed by atoms with Crippen LogP contribution < -0.4 is 19.7 Å². The Kier molecular flexibility index (Phi) is 8.34. The molecule has 192 valence electrons. The van der Waals surface area contributed by atoms with Crippen LogP contribution in [0.4, 0.5) is 5.69 Å². The van der Waals surface area contributed by atoms with Gasteiger partial charge in [0.1, 0.15) is 5.75 Å². The molecule has 0 aromatic heterocycles.